The predicted molar refractivity (Wildman–Crippen MR) is 229 cm³/mol. The van der Waals surface area contributed by atoms with Crippen molar-refractivity contribution in [1.29, 1.82) is 0 Å². The number of methoxy groups -OCH3 is 1. The van der Waals surface area contributed by atoms with Gasteiger partial charge in [0.25, 0.3) is 0 Å². The number of hydrogen-bond donors (Lipinski definition) is 2. The van der Waals surface area contributed by atoms with E-state index in [-0.39, 0.29) is 42.9 Å². The number of aryl methyl sites for hydroxylation is 1. The lowest BCUT2D eigenvalue weighted by molar-refractivity contribution is -0.139. The third-order valence-electron chi connectivity index (χ3n) is 12.4. The van der Waals surface area contributed by atoms with E-state index in [1.807, 2.05) is 42.7 Å². The number of nitrogens with zero attached hydrogens (tertiary/aromatic N) is 3. The molecule has 2 saturated carbocycles. The molecule has 2 aliphatic carbocycles. The van der Waals surface area contributed by atoms with Crippen LogP contribution in [0, 0.1) is 24.1 Å². The molecule has 0 unspecified atom stereocenters. The summed E-state index contributed by atoms with van der Waals surface area (Å²) in [5, 5.41) is 6.99. The number of Topliss-reactive ketones (excluding diaryl/α,β-unsaturated/α-hetero) is 1. The number of allylic oxidation sites excluding steroid dienone is 2. The van der Waals surface area contributed by atoms with Crippen molar-refractivity contribution >= 4 is 55.4 Å². The maximum atomic E-state index is 14.9. The summed E-state index contributed by atoms with van der Waals surface area (Å²) < 4.78 is 55.1. The molecule has 60 heavy (non-hydrogen) atoms. The summed E-state index contributed by atoms with van der Waals surface area (Å²) in [6.45, 7) is 6.18. The van der Waals surface area contributed by atoms with Crippen LogP contribution >= 0.6 is 11.3 Å². The Hall–Kier alpha value is -4.89. The summed E-state index contributed by atoms with van der Waals surface area (Å²) in [6.07, 6.45) is 8.01. The van der Waals surface area contributed by atoms with Crippen LogP contribution in [0.1, 0.15) is 95.2 Å². The Labute approximate surface area is 354 Å². The van der Waals surface area contributed by atoms with Gasteiger partial charge in [0.05, 0.1) is 36.1 Å². The van der Waals surface area contributed by atoms with E-state index in [0.29, 0.717) is 55.1 Å². The van der Waals surface area contributed by atoms with Gasteiger partial charge in [-0.05, 0) is 105 Å². The van der Waals surface area contributed by atoms with Crippen LogP contribution < -0.4 is 19.5 Å². The number of anilines is 1. The average molecular weight is 858 g/mol. The quantitative estimate of drug-likeness (QED) is 0.151. The number of fused-ring (bicyclic) bond motifs is 3. The molecule has 12 nitrogen and oxygen atoms in total. The molecule has 4 aromatic rings. The van der Waals surface area contributed by atoms with Crippen LogP contribution in [0.3, 0.4) is 0 Å². The van der Waals surface area contributed by atoms with Crippen LogP contribution in [0.15, 0.2) is 60.0 Å². The highest BCUT2D eigenvalue weighted by molar-refractivity contribution is 7.90. The molecule has 318 valence electrons. The number of rotatable bonds is 10. The van der Waals surface area contributed by atoms with Crippen molar-refractivity contribution in [3.05, 3.63) is 77.1 Å². The van der Waals surface area contributed by atoms with Gasteiger partial charge >= 0.3 is 0 Å². The number of ketones is 1. The summed E-state index contributed by atoms with van der Waals surface area (Å²) in [7, 11) is -2.25. The molecule has 2 N–H and O–H groups in total. The Bertz CT molecular complexity index is 2450. The number of nitrogens with one attached hydrogen (secondary N) is 2. The lowest BCUT2D eigenvalue weighted by Gasteiger charge is -2.30. The van der Waals surface area contributed by atoms with Gasteiger partial charge in [0.2, 0.25) is 27.7 Å². The fourth-order valence-electron chi connectivity index (χ4n) is 8.64. The van der Waals surface area contributed by atoms with Crippen LogP contribution in [0.25, 0.3) is 21.5 Å². The highest BCUT2D eigenvalue weighted by Crippen LogP contribution is 2.57. The second kappa shape index (κ2) is 16.9. The standard InChI is InChI=1S/C45H52FN5O7S2/c1-26(2)37-25-59-42(49-37)36-21-34-27(3)40(57-4)18-17-33(34)41(48-36)58-31-20-38-39(52)23-45(44(54)50-60(55,56)32-15-16-32)22-28(45)11-8-6-5-7-9-14-35(43(53)51(38)24-31)47-30-13-10-12-29(46)19-30/h8,10-13,17-19,21,25-26,28,31-32,35,38,47H,5-7,9,14-16,20,22-24H2,1-4H3,(H,50,54)/b11-8-/t28-,31+,35-,38-,45+/m0/s1. The number of pyridine rings is 1. The molecule has 2 amide bonds. The molecule has 15 heteroatoms. The van der Waals surface area contributed by atoms with Crippen molar-refractivity contribution in [2.45, 2.75) is 114 Å². The first kappa shape index (κ1) is 41.8. The van der Waals surface area contributed by atoms with Gasteiger partial charge in [0.15, 0.2) is 5.78 Å². The number of carbonyl (C=O) groups is 3. The Morgan fingerprint density at radius 1 is 1.05 bits per heavy atom. The molecule has 8 rings (SSSR count). The lowest BCUT2D eigenvalue weighted by Crippen LogP contribution is -2.49. The second-order valence-electron chi connectivity index (χ2n) is 17.1. The summed E-state index contributed by atoms with van der Waals surface area (Å²) in [6, 6.07) is 9.90. The number of amides is 2. The van der Waals surface area contributed by atoms with E-state index >= 15 is 0 Å². The molecule has 2 aliphatic heterocycles. The summed E-state index contributed by atoms with van der Waals surface area (Å²) >= 11 is 1.49. The highest BCUT2D eigenvalue weighted by atomic mass is 32.2. The fraction of sp³-hybridized carbons (Fsp3) is 0.489. The molecular weight excluding hydrogens is 806 g/mol. The summed E-state index contributed by atoms with van der Waals surface area (Å²) in [4.78, 5) is 55.0. The van der Waals surface area contributed by atoms with Gasteiger partial charge in [0, 0.05) is 29.3 Å². The molecule has 2 aromatic heterocycles. The molecule has 0 bridgehead atoms. The first-order valence-electron chi connectivity index (χ1n) is 20.9. The van der Waals surface area contributed by atoms with E-state index in [2.05, 4.69) is 23.9 Å². The predicted octanol–water partition coefficient (Wildman–Crippen LogP) is 7.86. The number of thiazole rings is 1. The lowest BCUT2D eigenvalue weighted by atomic mass is 9.91. The average Bonchev–Trinajstić information content (AvgIpc) is 4.09. The van der Waals surface area contributed by atoms with Crippen molar-refractivity contribution in [2.75, 3.05) is 19.0 Å². The van der Waals surface area contributed by atoms with Gasteiger partial charge in [-0.2, -0.15) is 0 Å². The van der Waals surface area contributed by atoms with Gasteiger partial charge in [-0.1, -0.05) is 44.9 Å². The largest absolute Gasteiger partial charge is 0.496 e. The maximum Gasteiger partial charge on any atom is 0.245 e. The molecule has 4 heterocycles. The van der Waals surface area contributed by atoms with Crippen molar-refractivity contribution in [3.8, 4) is 22.3 Å². The second-order valence-corrected chi connectivity index (χ2v) is 19.9. The third-order valence-corrected chi connectivity index (χ3v) is 15.1. The highest BCUT2D eigenvalue weighted by Gasteiger charge is 2.61. The molecule has 4 aliphatic rings. The van der Waals surface area contributed by atoms with Crippen molar-refractivity contribution in [1.82, 2.24) is 19.6 Å². The van der Waals surface area contributed by atoms with Crippen LogP contribution in [0.4, 0.5) is 10.1 Å². The zero-order valence-corrected chi connectivity index (χ0v) is 36.0. The molecular formula is C45H52FN5O7S2. The van der Waals surface area contributed by atoms with Gasteiger partial charge in [0.1, 0.15) is 34.4 Å². The van der Waals surface area contributed by atoms with Crippen LogP contribution in [-0.2, 0) is 24.4 Å². The first-order valence-corrected chi connectivity index (χ1v) is 23.4. The van der Waals surface area contributed by atoms with Crippen LogP contribution in [-0.4, -0.2) is 78.0 Å². The fourth-order valence-corrected chi connectivity index (χ4v) is 11.0. The zero-order chi connectivity index (χ0) is 42.3. The number of ether oxygens (including phenoxy) is 2. The summed E-state index contributed by atoms with van der Waals surface area (Å²) in [5.41, 5.74) is 1.64. The molecule has 0 spiro atoms. The Kier molecular flexibility index (Phi) is 11.8. The van der Waals surface area contributed by atoms with Gasteiger partial charge < -0.3 is 19.7 Å². The SMILES string of the molecule is COc1ccc2c(O[C@@H]3C[C@H]4C(=O)C[C@]5(C(=O)NS(=O)(=O)C6CC6)C[C@@H]5/C=C\CCCCC[C@H](Nc5cccc(F)c5)C(=O)N4C3)nc(-c3nc(C(C)C)cs3)cc2c1C. The summed E-state index contributed by atoms with van der Waals surface area (Å²) in [5.74, 6) is -0.873. The number of hydrogen-bond acceptors (Lipinski definition) is 11. The first-order chi connectivity index (χ1) is 28.8. The van der Waals surface area contributed by atoms with Gasteiger partial charge in [-0.15, -0.1) is 11.3 Å². The van der Waals surface area contributed by atoms with E-state index in [9.17, 15) is 27.2 Å². The third kappa shape index (κ3) is 8.65. The van der Waals surface area contributed by atoms with Crippen molar-refractivity contribution < 1.29 is 36.7 Å². The van der Waals surface area contributed by atoms with E-state index in [0.717, 1.165) is 46.3 Å². The van der Waals surface area contributed by atoms with E-state index in [1.165, 1.54) is 23.5 Å². The number of carbonyl (C=O) groups excluding carboxylic acids is 3. The number of sulfonamides is 1. The maximum absolute atomic E-state index is 14.9. The minimum Gasteiger partial charge on any atom is -0.496 e. The molecule has 2 aromatic carbocycles. The Balaban J connectivity index is 1.15. The normalized spacial score (nSPS) is 25.5. The number of benzene rings is 2. The minimum atomic E-state index is -3.87. The van der Waals surface area contributed by atoms with Crippen LogP contribution in [0.5, 0.6) is 11.6 Å². The van der Waals surface area contributed by atoms with Gasteiger partial charge in [-0.25, -0.2) is 22.8 Å². The van der Waals surface area contributed by atoms with E-state index in [4.69, 9.17) is 19.4 Å². The number of aromatic nitrogens is 2. The zero-order valence-electron chi connectivity index (χ0n) is 34.4. The van der Waals surface area contributed by atoms with E-state index in [1.54, 1.807) is 24.1 Å². The topological polar surface area (TPSA) is 157 Å². The minimum absolute atomic E-state index is 0.0481. The molecule has 5 atom stereocenters. The van der Waals surface area contributed by atoms with Crippen molar-refractivity contribution in [2.24, 2.45) is 11.3 Å². The smallest absolute Gasteiger partial charge is 0.245 e. The number of halogens is 1. The van der Waals surface area contributed by atoms with Crippen LogP contribution in [0.2, 0.25) is 0 Å². The molecule has 1 saturated heterocycles. The van der Waals surface area contributed by atoms with E-state index < -0.39 is 50.6 Å². The Morgan fingerprint density at radius 3 is 2.60 bits per heavy atom. The monoisotopic (exact) mass is 857 g/mol. The molecule has 0 radical (unpaired) electrons. The Morgan fingerprint density at radius 2 is 1.87 bits per heavy atom. The van der Waals surface area contributed by atoms with Gasteiger partial charge in [-0.3, -0.25) is 19.1 Å². The van der Waals surface area contributed by atoms with Crippen molar-refractivity contribution in [3.63, 3.8) is 0 Å². The molecule has 3 fully saturated rings.